The summed E-state index contributed by atoms with van der Waals surface area (Å²) in [7, 11) is 5.37. The Morgan fingerprint density at radius 1 is 0.770 bits per heavy atom. The molecule has 100 heavy (non-hydrogen) atoms. The number of hydrogen-bond acceptors (Lipinski definition) is 15. The smallest absolute Gasteiger partial charge is 0.325 e. The molecular formula is C79H81FN8O9S3. The van der Waals surface area contributed by atoms with Gasteiger partial charge in [-0.2, -0.15) is 0 Å². The highest BCUT2D eigenvalue weighted by molar-refractivity contribution is 8.03. The van der Waals surface area contributed by atoms with E-state index in [1.807, 2.05) is 107 Å². The van der Waals surface area contributed by atoms with Crippen molar-refractivity contribution in [3.63, 3.8) is 0 Å². The molecular weight excluding hydrogens is 1320 g/mol. The van der Waals surface area contributed by atoms with Gasteiger partial charge in [-0.1, -0.05) is 99.3 Å². The number of anilines is 6. The molecule has 21 heteroatoms. The van der Waals surface area contributed by atoms with Gasteiger partial charge in [0.2, 0.25) is 11.8 Å². The summed E-state index contributed by atoms with van der Waals surface area (Å²) in [4.78, 5) is 71.6. The molecule has 0 bridgehead atoms. The summed E-state index contributed by atoms with van der Waals surface area (Å²) in [6.45, 7) is 21.3. The lowest BCUT2D eigenvalue weighted by atomic mass is 9.96. The number of likely N-dealkylation sites (N-methyl/N-ethyl adjacent to an activating group) is 1. The molecule has 9 aromatic rings. The standard InChI is InChI=1S/C19H24N4O4.C18H21NO2S.C16H14N2S.C14H9FO2S.C12H13NO/c1-11(2)9-13-16(25)22(18(27)21-13)10-15(24)23-14-8-6-5-7-12(14)20-17(26)19(23,3)4;1-13-10-14(2)12-15(11-13)19-18(20)16-6-4-5-7-17(16)22-9-8-21-3;1-10-8-9-14(19-10)16-17-12-6-2-4-11-5-3-7-13(18-16)15(11)12;1-8-17-14-12(6-11(16)7-13(14)18-8)9-3-2-4-10(15)5-9;1-9-8-12(14-3)10-6-4-5-7-11(10)13(9)2/h5-8,11,13H,9-10H2,1-4H3,(H,20,26)(H,21,27);4-7,10-12H,8-9H2,1-3H3,(H,19,20);2-9,16-18H,1H3;2-7,16H,1H2;4-8H,1H2,2-3H3. The summed E-state index contributed by atoms with van der Waals surface area (Å²) in [5.41, 5.74) is 10.7. The molecule has 0 radical (unpaired) electrons. The van der Waals surface area contributed by atoms with Crippen LogP contribution in [-0.4, -0.2) is 91.4 Å². The first kappa shape index (κ1) is 72.4. The van der Waals surface area contributed by atoms with Gasteiger partial charge >= 0.3 is 6.03 Å². The molecule has 6 amide bonds. The number of fused-ring (bicyclic) bond motifs is 3. The van der Waals surface area contributed by atoms with Gasteiger partial charge in [0.1, 0.15) is 47.4 Å². The monoisotopic (exact) mass is 1400 g/mol. The maximum absolute atomic E-state index is 13.3. The Morgan fingerprint density at radius 2 is 1.43 bits per heavy atom. The molecule has 516 valence electrons. The van der Waals surface area contributed by atoms with Gasteiger partial charge in [-0.15, -0.1) is 23.1 Å². The highest BCUT2D eigenvalue weighted by Gasteiger charge is 2.46. The second-order valence-electron chi connectivity index (χ2n) is 25.1. The van der Waals surface area contributed by atoms with Crippen molar-refractivity contribution in [1.82, 2.24) is 10.2 Å². The van der Waals surface area contributed by atoms with Crippen molar-refractivity contribution in [2.24, 2.45) is 5.92 Å². The van der Waals surface area contributed by atoms with Crippen LogP contribution in [0.25, 0.3) is 27.7 Å². The number of amides is 6. The van der Waals surface area contributed by atoms with Crippen LogP contribution in [0.4, 0.5) is 43.3 Å². The molecule has 0 saturated carbocycles. The minimum Gasteiger partial charge on any atom is -0.508 e. The zero-order valence-corrected chi connectivity index (χ0v) is 59.9. The first-order valence-corrected chi connectivity index (χ1v) is 35.0. The molecule has 1 unspecified atom stereocenters. The number of phenols is 1. The Kier molecular flexibility index (Phi) is 23.3. The first-order valence-electron chi connectivity index (χ1n) is 32.4. The zero-order chi connectivity index (χ0) is 71.5. The molecule has 1 fully saturated rings. The minimum absolute atomic E-state index is 0.0782. The topological polar surface area (TPSA) is 203 Å². The van der Waals surface area contributed by atoms with Crippen molar-refractivity contribution in [2.75, 3.05) is 71.2 Å². The molecule has 8 aromatic carbocycles. The van der Waals surface area contributed by atoms with E-state index in [-0.39, 0.29) is 35.5 Å². The average molecular weight is 1400 g/mol. The Hall–Kier alpha value is -10.3. The summed E-state index contributed by atoms with van der Waals surface area (Å²) in [5.74, 6) is 1.04. The van der Waals surface area contributed by atoms with Crippen molar-refractivity contribution in [3.8, 4) is 22.6 Å². The van der Waals surface area contributed by atoms with Crippen molar-refractivity contribution in [2.45, 2.75) is 82.4 Å². The predicted molar refractivity (Wildman–Crippen MR) is 404 cm³/mol. The van der Waals surface area contributed by atoms with Gasteiger partial charge in [-0.25, -0.2) is 9.18 Å². The van der Waals surface area contributed by atoms with E-state index < -0.39 is 36.0 Å². The molecule has 0 aliphatic carbocycles. The number of ether oxygens (including phenoxy) is 3. The maximum atomic E-state index is 13.3. The molecule has 5 aliphatic heterocycles. The second kappa shape index (κ2) is 32.1. The van der Waals surface area contributed by atoms with Crippen LogP contribution in [0, 0.1) is 32.5 Å². The van der Waals surface area contributed by atoms with Crippen molar-refractivity contribution in [3.05, 3.63) is 244 Å². The Bertz CT molecular complexity index is 4570. The summed E-state index contributed by atoms with van der Waals surface area (Å²) in [5, 5.41) is 28.4. The van der Waals surface area contributed by atoms with Crippen LogP contribution in [0.2, 0.25) is 0 Å². The minimum atomic E-state index is -1.15. The van der Waals surface area contributed by atoms with Gasteiger partial charge in [0.05, 0.1) is 41.2 Å². The van der Waals surface area contributed by atoms with Crippen LogP contribution < -0.4 is 41.1 Å². The zero-order valence-electron chi connectivity index (χ0n) is 57.5. The molecule has 5 aliphatic rings. The van der Waals surface area contributed by atoms with Gasteiger partial charge in [0.15, 0.2) is 5.09 Å². The van der Waals surface area contributed by atoms with E-state index in [1.54, 1.807) is 88.4 Å². The van der Waals surface area contributed by atoms with Gasteiger partial charge in [0.25, 0.3) is 11.8 Å². The number of rotatable bonds is 13. The Morgan fingerprint density at radius 3 is 2.10 bits per heavy atom. The number of benzene rings is 8. The van der Waals surface area contributed by atoms with Crippen LogP contribution in [0.5, 0.6) is 11.5 Å². The molecule has 1 atom stereocenters. The number of carbonyl (C=O) groups is 5. The third kappa shape index (κ3) is 17.0. The fourth-order valence-corrected chi connectivity index (χ4v) is 14.6. The van der Waals surface area contributed by atoms with Crippen LogP contribution in [0.3, 0.4) is 0 Å². The number of methoxy groups -OCH3 is 2. The van der Waals surface area contributed by atoms with E-state index in [9.17, 15) is 33.5 Å². The number of carbonyl (C=O) groups excluding carboxylic acids is 5. The van der Waals surface area contributed by atoms with Crippen molar-refractivity contribution >= 4 is 115 Å². The number of nitrogens with zero attached hydrogens (tertiary/aromatic N) is 3. The maximum Gasteiger partial charge on any atom is 0.325 e. The summed E-state index contributed by atoms with van der Waals surface area (Å²) < 4.78 is 29.2. The third-order valence-corrected chi connectivity index (χ3v) is 19.6. The number of allylic oxidation sites excluding steroid dienone is 1. The lowest BCUT2D eigenvalue weighted by Crippen LogP contribution is -2.60. The van der Waals surface area contributed by atoms with E-state index >= 15 is 0 Å². The van der Waals surface area contributed by atoms with Gasteiger partial charge in [-0.05, 0) is 184 Å². The Labute approximate surface area is 595 Å². The molecule has 6 N–H and O–H groups in total. The lowest BCUT2D eigenvalue weighted by Gasteiger charge is -2.42. The van der Waals surface area contributed by atoms with E-state index in [0.29, 0.717) is 51.9 Å². The normalized spacial score (nSPS) is 15.2. The number of aromatic hydroxyl groups is 1. The molecule has 14 rings (SSSR count). The van der Waals surface area contributed by atoms with Crippen LogP contribution in [0.15, 0.2) is 216 Å². The number of para-hydroxylation sites is 3. The number of thioether (sulfide) groups is 2. The number of phenolic OH excluding ortho intramolecular Hbond substituents is 1. The third-order valence-electron chi connectivity index (χ3n) is 16.7. The first-order chi connectivity index (χ1) is 47.9. The average Bonchev–Trinajstić information content (AvgIpc) is 0.801. The fourth-order valence-electron chi connectivity index (χ4n) is 11.9. The van der Waals surface area contributed by atoms with Gasteiger partial charge in [-0.3, -0.25) is 29.0 Å². The summed E-state index contributed by atoms with van der Waals surface area (Å²) in [6.07, 6.45) is 2.62. The summed E-state index contributed by atoms with van der Waals surface area (Å²) >= 11 is 4.81. The number of aryl methyl sites for hydroxylation is 3. The molecule has 17 nitrogen and oxygen atoms in total. The number of halogens is 1. The quantitative estimate of drug-likeness (QED) is 0.0361. The molecule has 6 heterocycles. The number of imide groups is 1. The molecule has 1 saturated heterocycles. The van der Waals surface area contributed by atoms with Crippen molar-refractivity contribution < 1.29 is 47.7 Å². The number of nitrogens with one attached hydrogen (secondary N) is 5. The van der Waals surface area contributed by atoms with E-state index in [2.05, 4.69) is 112 Å². The van der Waals surface area contributed by atoms with Crippen LogP contribution in [-0.2, 0) is 23.9 Å². The highest BCUT2D eigenvalue weighted by atomic mass is 32.2. The summed E-state index contributed by atoms with van der Waals surface area (Å²) in [6, 6.07) is 54.1. The lowest BCUT2D eigenvalue weighted by molar-refractivity contribution is -0.132. The van der Waals surface area contributed by atoms with Crippen LogP contribution in [0.1, 0.15) is 77.1 Å². The fraction of sp³-hybridized carbons (Fsp3) is 0.228. The van der Waals surface area contributed by atoms with E-state index in [4.69, 9.17) is 14.2 Å². The largest absolute Gasteiger partial charge is 0.508 e. The Balaban J connectivity index is 0.000000137. The SMILES string of the molecule is C=C1C=C(OC)c2ccccc2N1C.C=C1Oc2c(cc(O)cc2-c2cccc(F)c2)S1.CC(C)CC1NC(=O)N(CC(=O)N2c3ccccc3NC(=O)C2(C)C)C1=O.COCCSc1ccccc1C(=O)Nc1cc(C)cc(C)c1.Cc1ccc(C2Nc3cccc4cccc(c34)N2)s1. The van der Waals surface area contributed by atoms with E-state index in [1.165, 1.54) is 60.7 Å². The van der Waals surface area contributed by atoms with Crippen molar-refractivity contribution in [1.29, 1.82) is 0 Å². The highest BCUT2D eigenvalue weighted by Crippen LogP contribution is 2.50. The van der Waals surface area contributed by atoms with Gasteiger partial charge in [0, 0.05) is 79.9 Å². The van der Waals surface area contributed by atoms with E-state index in [0.717, 1.165) is 60.0 Å². The van der Waals surface area contributed by atoms with Crippen LogP contribution >= 0.6 is 34.9 Å². The molecule has 0 spiro atoms. The number of urea groups is 1. The van der Waals surface area contributed by atoms with Gasteiger partial charge < -0.3 is 50.8 Å². The molecule has 1 aromatic heterocycles. The second-order valence-corrected chi connectivity index (χ2v) is 28.6. The number of thiophene rings is 1. The predicted octanol–water partition coefficient (Wildman–Crippen LogP) is 17.5. The number of hydrogen-bond donors (Lipinski definition) is 6.